The van der Waals surface area contributed by atoms with Crippen LogP contribution < -0.4 is 10.6 Å². The van der Waals surface area contributed by atoms with Gasteiger partial charge in [-0.2, -0.15) is 0 Å². The molecule has 1 heterocycles. The highest BCUT2D eigenvalue weighted by atomic mass is 19.1. The Balaban J connectivity index is 1.97. The number of aliphatic imine (C=N–C) groups is 1. The average Bonchev–Trinajstić information content (AvgIpc) is 2.94. The molecule has 3 unspecified atom stereocenters. The van der Waals surface area contributed by atoms with Crippen LogP contribution in [0.2, 0.25) is 0 Å². The Morgan fingerprint density at radius 3 is 2.56 bits per heavy atom. The van der Waals surface area contributed by atoms with E-state index in [-0.39, 0.29) is 12.4 Å². The van der Waals surface area contributed by atoms with Gasteiger partial charge in [-0.3, -0.25) is 9.89 Å². The zero-order valence-corrected chi connectivity index (χ0v) is 15.7. The molecule has 1 aliphatic heterocycles. The quantitative estimate of drug-likeness (QED) is 0.543. The third-order valence-corrected chi connectivity index (χ3v) is 4.71. The lowest BCUT2D eigenvalue weighted by atomic mass is 10.1. The zero-order chi connectivity index (χ0) is 18.4. The summed E-state index contributed by atoms with van der Waals surface area (Å²) >= 11 is 0. The van der Waals surface area contributed by atoms with E-state index in [1.54, 1.807) is 12.1 Å². The minimum atomic E-state index is -0.746. The van der Waals surface area contributed by atoms with E-state index in [0.717, 1.165) is 19.6 Å². The summed E-state index contributed by atoms with van der Waals surface area (Å²) in [5.41, 5.74) is 0.668. The van der Waals surface area contributed by atoms with Crippen LogP contribution in [0.4, 0.5) is 4.39 Å². The number of aliphatic hydroxyl groups excluding tert-OH is 1. The van der Waals surface area contributed by atoms with Gasteiger partial charge < -0.3 is 15.7 Å². The van der Waals surface area contributed by atoms with Gasteiger partial charge in [-0.05, 0) is 44.4 Å². The molecule has 0 spiro atoms. The standard InChI is InChI=1S/C19H31FN4O/c1-5-21-19(23-17-12-24(13(2)3)11-14(17)4)22-10-18(25)15-6-8-16(20)9-7-15/h6-9,13-14,17-18,25H,5,10-12H2,1-4H3,(H2,21,22,23). The molecule has 1 aromatic rings. The second kappa shape index (κ2) is 9.15. The third kappa shape index (κ3) is 5.68. The van der Waals surface area contributed by atoms with Crippen molar-refractivity contribution in [2.24, 2.45) is 10.9 Å². The average molecular weight is 350 g/mol. The number of nitrogens with one attached hydrogen (secondary N) is 2. The highest BCUT2D eigenvalue weighted by Crippen LogP contribution is 2.19. The molecule has 3 N–H and O–H groups in total. The molecule has 0 radical (unpaired) electrons. The number of halogens is 1. The minimum absolute atomic E-state index is 0.232. The number of nitrogens with zero attached hydrogens (tertiary/aromatic N) is 2. The molecule has 1 saturated heterocycles. The van der Waals surface area contributed by atoms with Crippen molar-refractivity contribution in [2.75, 3.05) is 26.2 Å². The van der Waals surface area contributed by atoms with Crippen LogP contribution in [0.3, 0.4) is 0 Å². The number of likely N-dealkylation sites (tertiary alicyclic amines) is 1. The molecule has 6 heteroatoms. The molecule has 0 aromatic heterocycles. The molecule has 0 saturated carbocycles. The fourth-order valence-electron chi connectivity index (χ4n) is 3.08. The monoisotopic (exact) mass is 350 g/mol. The van der Waals surface area contributed by atoms with Gasteiger partial charge in [0.25, 0.3) is 0 Å². The van der Waals surface area contributed by atoms with Crippen molar-refractivity contribution in [2.45, 2.75) is 45.9 Å². The maximum absolute atomic E-state index is 13.0. The smallest absolute Gasteiger partial charge is 0.191 e. The van der Waals surface area contributed by atoms with Crippen molar-refractivity contribution >= 4 is 5.96 Å². The van der Waals surface area contributed by atoms with E-state index >= 15 is 0 Å². The van der Waals surface area contributed by atoms with E-state index in [9.17, 15) is 9.50 Å². The largest absolute Gasteiger partial charge is 0.386 e. The predicted octanol–water partition coefficient (Wildman–Crippen LogP) is 2.14. The zero-order valence-electron chi connectivity index (χ0n) is 15.7. The van der Waals surface area contributed by atoms with Gasteiger partial charge in [-0.15, -0.1) is 0 Å². The number of aliphatic hydroxyl groups is 1. The summed E-state index contributed by atoms with van der Waals surface area (Å²) in [5, 5.41) is 17.0. The van der Waals surface area contributed by atoms with E-state index in [0.29, 0.717) is 29.5 Å². The Morgan fingerprint density at radius 1 is 1.32 bits per heavy atom. The summed E-state index contributed by atoms with van der Waals surface area (Å²) in [6.45, 7) is 11.8. The molecular formula is C19H31FN4O. The lowest BCUT2D eigenvalue weighted by molar-refractivity contribution is 0.187. The predicted molar refractivity (Wildman–Crippen MR) is 100 cm³/mol. The number of rotatable bonds is 6. The van der Waals surface area contributed by atoms with Crippen LogP contribution in [0.15, 0.2) is 29.3 Å². The molecule has 1 aromatic carbocycles. The first-order chi connectivity index (χ1) is 11.9. The van der Waals surface area contributed by atoms with Gasteiger partial charge in [0, 0.05) is 31.7 Å². The van der Waals surface area contributed by atoms with Gasteiger partial charge >= 0.3 is 0 Å². The maximum atomic E-state index is 13.0. The molecule has 25 heavy (non-hydrogen) atoms. The molecule has 0 bridgehead atoms. The van der Waals surface area contributed by atoms with Crippen LogP contribution >= 0.6 is 0 Å². The van der Waals surface area contributed by atoms with E-state index in [1.165, 1.54) is 12.1 Å². The molecule has 3 atom stereocenters. The maximum Gasteiger partial charge on any atom is 0.191 e. The van der Waals surface area contributed by atoms with E-state index in [4.69, 9.17) is 0 Å². The van der Waals surface area contributed by atoms with Crippen LogP contribution in [-0.4, -0.2) is 54.2 Å². The highest BCUT2D eigenvalue weighted by molar-refractivity contribution is 5.80. The van der Waals surface area contributed by atoms with Crippen LogP contribution in [0.5, 0.6) is 0 Å². The summed E-state index contributed by atoms with van der Waals surface area (Å²) < 4.78 is 13.0. The van der Waals surface area contributed by atoms with Crippen LogP contribution in [0, 0.1) is 11.7 Å². The Bertz CT molecular complexity index is 561. The van der Waals surface area contributed by atoms with E-state index in [2.05, 4.69) is 41.3 Å². The van der Waals surface area contributed by atoms with Gasteiger partial charge in [-0.25, -0.2) is 4.39 Å². The van der Waals surface area contributed by atoms with Crippen LogP contribution in [-0.2, 0) is 0 Å². The summed E-state index contributed by atoms with van der Waals surface area (Å²) in [5.74, 6) is 0.943. The molecule has 5 nitrogen and oxygen atoms in total. The van der Waals surface area contributed by atoms with E-state index < -0.39 is 6.10 Å². The van der Waals surface area contributed by atoms with Crippen molar-refractivity contribution < 1.29 is 9.50 Å². The SMILES string of the molecule is CCNC(=NCC(O)c1ccc(F)cc1)NC1CN(C(C)C)CC1C. The van der Waals surface area contributed by atoms with Crippen molar-refractivity contribution in [1.82, 2.24) is 15.5 Å². The first-order valence-electron chi connectivity index (χ1n) is 9.13. The molecule has 0 aliphatic carbocycles. The van der Waals surface area contributed by atoms with Gasteiger partial charge in [0.1, 0.15) is 5.82 Å². The molecule has 0 amide bonds. The van der Waals surface area contributed by atoms with Crippen molar-refractivity contribution in [3.63, 3.8) is 0 Å². The fourth-order valence-corrected chi connectivity index (χ4v) is 3.08. The number of hydrogen-bond donors (Lipinski definition) is 3. The second-order valence-corrected chi connectivity index (χ2v) is 7.06. The minimum Gasteiger partial charge on any atom is -0.386 e. The number of hydrogen-bond acceptors (Lipinski definition) is 3. The van der Waals surface area contributed by atoms with Crippen LogP contribution in [0.25, 0.3) is 0 Å². The van der Waals surface area contributed by atoms with Crippen molar-refractivity contribution in [1.29, 1.82) is 0 Å². The number of benzene rings is 1. The topological polar surface area (TPSA) is 59.9 Å². The highest BCUT2D eigenvalue weighted by Gasteiger charge is 2.31. The normalized spacial score (nSPS) is 23.1. The van der Waals surface area contributed by atoms with Crippen LogP contribution in [0.1, 0.15) is 39.4 Å². The van der Waals surface area contributed by atoms with Gasteiger partial charge in [0.2, 0.25) is 0 Å². The Kier molecular flexibility index (Phi) is 7.20. The molecule has 1 fully saturated rings. The van der Waals surface area contributed by atoms with Crippen molar-refractivity contribution in [3.05, 3.63) is 35.6 Å². The Labute approximate surface area is 150 Å². The summed E-state index contributed by atoms with van der Waals surface area (Å²) in [7, 11) is 0. The Hall–Kier alpha value is -1.66. The third-order valence-electron chi connectivity index (χ3n) is 4.71. The summed E-state index contributed by atoms with van der Waals surface area (Å²) in [4.78, 5) is 6.97. The lowest BCUT2D eigenvalue weighted by Crippen LogP contribution is -2.47. The first-order valence-corrected chi connectivity index (χ1v) is 9.13. The molecular weight excluding hydrogens is 319 g/mol. The summed E-state index contributed by atoms with van der Waals surface area (Å²) in [6.07, 6.45) is -0.746. The molecule has 140 valence electrons. The lowest BCUT2D eigenvalue weighted by Gasteiger charge is -2.22. The first kappa shape index (κ1) is 19.7. The van der Waals surface area contributed by atoms with Crippen molar-refractivity contribution in [3.8, 4) is 0 Å². The number of guanidine groups is 1. The van der Waals surface area contributed by atoms with Gasteiger partial charge in [0.15, 0.2) is 5.96 Å². The summed E-state index contributed by atoms with van der Waals surface area (Å²) in [6, 6.07) is 6.77. The van der Waals surface area contributed by atoms with Gasteiger partial charge in [-0.1, -0.05) is 19.1 Å². The molecule has 2 rings (SSSR count). The van der Waals surface area contributed by atoms with E-state index in [1.807, 2.05) is 6.92 Å². The second-order valence-electron chi connectivity index (χ2n) is 7.06. The van der Waals surface area contributed by atoms with Gasteiger partial charge in [0.05, 0.1) is 12.6 Å². The Morgan fingerprint density at radius 2 is 2.00 bits per heavy atom. The fraction of sp³-hybridized carbons (Fsp3) is 0.632. The molecule has 1 aliphatic rings.